The fraction of sp³-hybridized carbons (Fsp3) is 0.429. The highest BCUT2D eigenvalue weighted by Crippen LogP contribution is 2.29. The SMILES string of the molecule is CC1CC(NS(=O)(=O)c2c(F)cc(F)cc2C#CCN)C1. The average Bonchev–Trinajstić information content (AvgIpc) is 2.32. The van der Waals surface area contributed by atoms with E-state index in [0.717, 1.165) is 6.07 Å². The predicted octanol–water partition coefficient (Wildman–Crippen LogP) is 1.35. The maximum Gasteiger partial charge on any atom is 0.244 e. The molecular formula is C14H16F2N2O2S. The van der Waals surface area contributed by atoms with Crippen molar-refractivity contribution in [1.29, 1.82) is 0 Å². The van der Waals surface area contributed by atoms with Crippen molar-refractivity contribution in [2.75, 3.05) is 6.54 Å². The summed E-state index contributed by atoms with van der Waals surface area (Å²) >= 11 is 0. The molecule has 1 aliphatic rings. The summed E-state index contributed by atoms with van der Waals surface area (Å²) in [4.78, 5) is -0.621. The first-order chi connectivity index (χ1) is 9.83. The van der Waals surface area contributed by atoms with E-state index in [1.165, 1.54) is 0 Å². The van der Waals surface area contributed by atoms with Crippen LogP contribution < -0.4 is 10.5 Å². The Labute approximate surface area is 122 Å². The third-order valence-electron chi connectivity index (χ3n) is 3.30. The number of halogens is 2. The molecule has 7 heteroatoms. The van der Waals surface area contributed by atoms with Gasteiger partial charge in [0.2, 0.25) is 10.0 Å². The maximum atomic E-state index is 13.9. The van der Waals surface area contributed by atoms with Gasteiger partial charge in [-0.25, -0.2) is 21.9 Å². The zero-order valence-corrected chi connectivity index (χ0v) is 12.3. The summed E-state index contributed by atoms with van der Waals surface area (Å²) < 4.78 is 54.2. The number of hydrogen-bond acceptors (Lipinski definition) is 3. The summed E-state index contributed by atoms with van der Waals surface area (Å²) in [5.41, 5.74) is 4.99. The zero-order chi connectivity index (χ0) is 15.6. The number of nitrogens with two attached hydrogens (primary N) is 1. The van der Waals surface area contributed by atoms with Gasteiger partial charge in [-0.05, 0) is 24.8 Å². The molecule has 1 aromatic rings. The highest BCUT2D eigenvalue weighted by Gasteiger charge is 2.32. The van der Waals surface area contributed by atoms with Gasteiger partial charge in [0, 0.05) is 12.1 Å². The Balaban J connectivity index is 2.41. The first-order valence-corrected chi connectivity index (χ1v) is 8.02. The van der Waals surface area contributed by atoms with E-state index in [2.05, 4.69) is 16.6 Å². The Bertz CT molecular complexity index is 702. The third kappa shape index (κ3) is 3.59. The van der Waals surface area contributed by atoms with E-state index in [9.17, 15) is 17.2 Å². The van der Waals surface area contributed by atoms with Crippen molar-refractivity contribution in [3.8, 4) is 11.8 Å². The summed E-state index contributed by atoms with van der Waals surface area (Å²) in [5.74, 6) is 3.21. The number of hydrogen-bond donors (Lipinski definition) is 2. The van der Waals surface area contributed by atoms with E-state index in [1.54, 1.807) is 0 Å². The molecule has 0 atom stereocenters. The van der Waals surface area contributed by atoms with Crippen LogP contribution in [0.1, 0.15) is 25.3 Å². The number of nitrogens with one attached hydrogen (secondary N) is 1. The van der Waals surface area contributed by atoms with Gasteiger partial charge in [-0.15, -0.1) is 0 Å². The van der Waals surface area contributed by atoms with Crippen LogP contribution in [0.4, 0.5) is 8.78 Å². The molecule has 0 aliphatic heterocycles. The molecule has 1 fully saturated rings. The Morgan fingerprint density at radius 1 is 1.38 bits per heavy atom. The lowest BCUT2D eigenvalue weighted by atomic mass is 9.83. The van der Waals surface area contributed by atoms with Crippen molar-refractivity contribution in [2.45, 2.75) is 30.7 Å². The molecule has 0 spiro atoms. The largest absolute Gasteiger partial charge is 0.320 e. The van der Waals surface area contributed by atoms with Crippen LogP contribution in [0, 0.1) is 29.4 Å². The van der Waals surface area contributed by atoms with Crippen molar-refractivity contribution in [2.24, 2.45) is 11.7 Å². The van der Waals surface area contributed by atoms with Crippen LogP contribution in [0.3, 0.4) is 0 Å². The second-order valence-corrected chi connectivity index (χ2v) is 6.82. The van der Waals surface area contributed by atoms with Gasteiger partial charge in [-0.1, -0.05) is 18.8 Å². The summed E-state index contributed by atoms with van der Waals surface area (Å²) in [5, 5.41) is 0. The quantitative estimate of drug-likeness (QED) is 0.827. The third-order valence-corrected chi connectivity index (χ3v) is 4.89. The van der Waals surface area contributed by atoms with Gasteiger partial charge in [0.15, 0.2) is 0 Å². The predicted molar refractivity (Wildman–Crippen MR) is 74.8 cm³/mol. The topological polar surface area (TPSA) is 72.2 Å². The van der Waals surface area contributed by atoms with E-state index in [4.69, 9.17) is 5.73 Å². The first kappa shape index (κ1) is 15.9. The molecule has 4 nitrogen and oxygen atoms in total. The normalized spacial score (nSPS) is 21.3. The average molecular weight is 314 g/mol. The number of rotatable bonds is 3. The van der Waals surface area contributed by atoms with E-state index < -0.39 is 26.6 Å². The summed E-state index contributed by atoms with van der Waals surface area (Å²) in [6.07, 6.45) is 1.40. The highest BCUT2D eigenvalue weighted by molar-refractivity contribution is 7.89. The number of benzene rings is 1. The van der Waals surface area contributed by atoms with Crippen LogP contribution in [0.2, 0.25) is 0 Å². The van der Waals surface area contributed by atoms with Crippen LogP contribution in [0.5, 0.6) is 0 Å². The monoisotopic (exact) mass is 314 g/mol. The Kier molecular flexibility index (Phi) is 4.61. The lowest BCUT2D eigenvalue weighted by Gasteiger charge is -2.33. The van der Waals surface area contributed by atoms with E-state index >= 15 is 0 Å². The second-order valence-electron chi connectivity index (χ2n) is 5.16. The fourth-order valence-corrected chi connectivity index (χ4v) is 3.81. The molecule has 1 aromatic carbocycles. The molecule has 0 bridgehead atoms. The minimum atomic E-state index is -4.09. The second kappa shape index (κ2) is 6.10. The van der Waals surface area contributed by atoms with Crippen molar-refractivity contribution in [1.82, 2.24) is 4.72 Å². The lowest BCUT2D eigenvalue weighted by Crippen LogP contribution is -2.43. The van der Waals surface area contributed by atoms with Crippen LogP contribution in [0.15, 0.2) is 17.0 Å². The van der Waals surface area contributed by atoms with Crippen molar-refractivity contribution >= 4 is 10.0 Å². The van der Waals surface area contributed by atoms with Crippen LogP contribution in [-0.4, -0.2) is 21.0 Å². The summed E-state index contributed by atoms with van der Waals surface area (Å²) in [7, 11) is -4.09. The van der Waals surface area contributed by atoms with Gasteiger partial charge in [0.25, 0.3) is 0 Å². The summed E-state index contributed by atoms with van der Waals surface area (Å²) in [6, 6.07) is 1.21. The minimum Gasteiger partial charge on any atom is -0.320 e. The Hall–Kier alpha value is -1.49. The summed E-state index contributed by atoms with van der Waals surface area (Å²) in [6.45, 7) is 1.96. The standard InChI is InChI=1S/C14H16F2N2O2S/c1-9-5-12(6-9)18-21(19,20)14-10(3-2-4-17)7-11(15)8-13(14)16/h7-9,12,18H,4-6,17H2,1H3. The first-order valence-electron chi connectivity index (χ1n) is 6.54. The molecule has 0 amide bonds. The Morgan fingerprint density at radius 2 is 2.05 bits per heavy atom. The van der Waals surface area contributed by atoms with Crippen molar-refractivity contribution in [3.05, 3.63) is 29.3 Å². The molecule has 21 heavy (non-hydrogen) atoms. The molecule has 0 unspecified atom stereocenters. The molecule has 0 aromatic heterocycles. The highest BCUT2D eigenvalue weighted by atomic mass is 32.2. The van der Waals surface area contributed by atoms with Crippen LogP contribution >= 0.6 is 0 Å². The van der Waals surface area contributed by atoms with E-state index in [1.807, 2.05) is 6.92 Å². The van der Waals surface area contributed by atoms with Crippen molar-refractivity contribution in [3.63, 3.8) is 0 Å². The molecule has 1 saturated carbocycles. The van der Waals surface area contributed by atoms with E-state index in [-0.39, 0.29) is 18.2 Å². The molecule has 0 saturated heterocycles. The van der Waals surface area contributed by atoms with Gasteiger partial charge in [-0.3, -0.25) is 0 Å². The van der Waals surface area contributed by atoms with Crippen LogP contribution in [-0.2, 0) is 10.0 Å². The Morgan fingerprint density at radius 3 is 2.62 bits per heavy atom. The molecule has 3 N–H and O–H groups in total. The lowest BCUT2D eigenvalue weighted by molar-refractivity contribution is 0.270. The maximum absolute atomic E-state index is 13.9. The van der Waals surface area contributed by atoms with E-state index in [0.29, 0.717) is 24.8 Å². The smallest absolute Gasteiger partial charge is 0.244 e. The molecule has 0 radical (unpaired) electrons. The molecular weight excluding hydrogens is 298 g/mol. The molecule has 2 rings (SSSR count). The zero-order valence-electron chi connectivity index (χ0n) is 11.5. The van der Waals surface area contributed by atoms with Gasteiger partial charge in [0.1, 0.15) is 16.5 Å². The number of sulfonamides is 1. The van der Waals surface area contributed by atoms with Gasteiger partial charge >= 0.3 is 0 Å². The van der Waals surface area contributed by atoms with Gasteiger partial charge in [0.05, 0.1) is 12.1 Å². The molecule has 114 valence electrons. The van der Waals surface area contributed by atoms with Gasteiger partial charge < -0.3 is 5.73 Å². The van der Waals surface area contributed by atoms with Gasteiger partial charge in [-0.2, -0.15) is 0 Å². The molecule has 1 aliphatic carbocycles. The minimum absolute atomic E-state index is 0.0365. The van der Waals surface area contributed by atoms with Crippen molar-refractivity contribution < 1.29 is 17.2 Å². The molecule has 0 heterocycles. The fourth-order valence-electron chi connectivity index (χ4n) is 2.35. The van der Waals surface area contributed by atoms with Crippen LogP contribution in [0.25, 0.3) is 0 Å².